The monoisotopic (exact) mass is 400 g/mol. The first kappa shape index (κ1) is 19.5. The number of hydrogen-bond acceptors (Lipinski definition) is 4. The second-order valence-electron chi connectivity index (χ2n) is 6.31. The standard InChI is InChI=1S/C20H21ClN4OS/c1-13-8-9-14(2)18(10-13)25-15(3)23-24-20(25)27-12-19(26)22-11-16-6-4-5-7-17(16)21/h4-10H,11-12H2,1-3H3,(H,22,26). The Balaban J connectivity index is 1.68. The van der Waals surface area contributed by atoms with Crippen LogP contribution in [0.3, 0.4) is 0 Å². The van der Waals surface area contributed by atoms with Crippen LogP contribution >= 0.6 is 23.4 Å². The average Bonchev–Trinajstić information content (AvgIpc) is 3.01. The van der Waals surface area contributed by atoms with E-state index in [9.17, 15) is 4.79 Å². The first-order chi connectivity index (χ1) is 13.0. The fourth-order valence-corrected chi connectivity index (χ4v) is 3.71. The van der Waals surface area contributed by atoms with E-state index >= 15 is 0 Å². The zero-order valence-corrected chi connectivity index (χ0v) is 17.1. The van der Waals surface area contributed by atoms with Crippen LogP contribution in [-0.4, -0.2) is 26.4 Å². The number of amides is 1. The quantitative estimate of drug-likeness (QED) is 0.628. The van der Waals surface area contributed by atoms with Gasteiger partial charge in [0, 0.05) is 11.6 Å². The summed E-state index contributed by atoms with van der Waals surface area (Å²) in [5.74, 6) is 0.976. The summed E-state index contributed by atoms with van der Waals surface area (Å²) in [5.41, 5.74) is 4.23. The molecular weight excluding hydrogens is 380 g/mol. The Kier molecular flexibility index (Phi) is 6.19. The summed E-state index contributed by atoms with van der Waals surface area (Å²) in [7, 11) is 0. The molecule has 1 N–H and O–H groups in total. The summed E-state index contributed by atoms with van der Waals surface area (Å²) in [6.07, 6.45) is 0. The van der Waals surface area contributed by atoms with Gasteiger partial charge in [-0.2, -0.15) is 0 Å². The maximum absolute atomic E-state index is 12.2. The van der Waals surface area contributed by atoms with Crippen molar-refractivity contribution in [3.8, 4) is 5.69 Å². The number of carbonyl (C=O) groups is 1. The number of aromatic nitrogens is 3. The third kappa shape index (κ3) is 4.70. The van der Waals surface area contributed by atoms with Gasteiger partial charge in [0.2, 0.25) is 5.91 Å². The highest BCUT2D eigenvalue weighted by Gasteiger charge is 2.15. The van der Waals surface area contributed by atoms with Gasteiger partial charge in [-0.25, -0.2) is 0 Å². The van der Waals surface area contributed by atoms with Crippen molar-refractivity contribution in [1.82, 2.24) is 20.1 Å². The van der Waals surface area contributed by atoms with Gasteiger partial charge in [0.05, 0.1) is 11.4 Å². The Morgan fingerprint density at radius 3 is 2.70 bits per heavy atom. The molecule has 0 saturated carbocycles. The lowest BCUT2D eigenvalue weighted by atomic mass is 10.1. The van der Waals surface area contributed by atoms with Crippen molar-refractivity contribution in [2.24, 2.45) is 0 Å². The molecule has 0 spiro atoms. The van der Waals surface area contributed by atoms with Crippen molar-refractivity contribution < 1.29 is 4.79 Å². The highest BCUT2D eigenvalue weighted by atomic mass is 35.5. The third-order valence-electron chi connectivity index (χ3n) is 4.17. The van der Waals surface area contributed by atoms with Crippen molar-refractivity contribution in [1.29, 1.82) is 0 Å². The maximum Gasteiger partial charge on any atom is 0.230 e. The molecular formula is C20H21ClN4OS. The Labute approximate surface area is 168 Å². The minimum Gasteiger partial charge on any atom is -0.351 e. The molecule has 27 heavy (non-hydrogen) atoms. The third-order valence-corrected chi connectivity index (χ3v) is 5.46. The molecule has 3 aromatic rings. The molecule has 0 saturated heterocycles. The molecule has 0 fully saturated rings. The molecule has 3 rings (SSSR count). The molecule has 0 radical (unpaired) electrons. The normalized spacial score (nSPS) is 10.8. The van der Waals surface area contributed by atoms with E-state index in [0.29, 0.717) is 16.7 Å². The van der Waals surface area contributed by atoms with E-state index in [1.807, 2.05) is 35.8 Å². The van der Waals surface area contributed by atoms with Crippen LogP contribution in [0.1, 0.15) is 22.5 Å². The number of benzene rings is 2. The van der Waals surface area contributed by atoms with E-state index in [-0.39, 0.29) is 11.7 Å². The summed E-state index contributed by atoms with van der Waals surface area (Å²) in [4.78, 5) is 12.2. The van der Waals surface area contributed by atoms with Gasteiger partial charge in [0.15, 0.2) is 5.16 Å². The molecule has 1 aromatic heterocycles. The first-order valence-electron chi connectivity index (χ1n) is 8.58. The van der Waals surface area contributed by atoms with Crippen LogP contribution < -0.4 is 5.32 Å². The van der Waals surface area contributed by atoms with Crippen LogP contribution in [0.25, 0.3) is 5.69 Å². The zero-order chi connectivity index (χ0) is 19.4. The van der Waals surface area contributed by atoms with Gasteiger partial charge in [0.1, 0.15) is 5.82 Å². The molecule has 0 bridgehead atoms. The van der Waals surface area contributed by atoms with E-state index in [0.717, 1.165) is 28.2 Å². The van der Waals surface area contributed by atoms with Crippen molar-refractivity contribution in [2.45, 2.75) is 32.5 Å². The number of thioether (sulfide) groups is 1. The van der Waals surface area contributed by atoms with Gasteiger partial charge in [-0.15, -0.1) is 10.2 Å². The molecule has 7 heteroatoms. The second-order valence-corrected chi connectivity index (χ2v) is 7.66. The second kappa shape index (κ2) is 8.59. The highest BCUT2D eigenvalue weighted by molar-refractivity contribution is 7.99. The maximum atomic E-state index is 12.2. The number of rotatable bonds is 6. The average molecular weight is 401 g/mol. The molecule has 2 aromatic carbocycles. The zero-order valence-electron chi connectivity index (χ0n) is 15.5. The Hall–Kier alpha value is -2.31. The van der Waals surface area contributed by atoms with Gasteiger partial charge in [0.25, 0.3) is 0 Å². The lowest BCUT2D eigenvalue weighted by Gasteiger charge is -2.12. The lowest BCUT2D eigenvalue weighted by molar-refractivity contribution is -0.118. The molecule has 0 aliphatic rings. The predicted molar refractivity (Wildman–Crippen MR) is 110 cm³/mol. The first-order valence-corrected chi connectivity index (χ1v) is 9.94. The summed E-state index contributed by atoms with van der Waals surface area (Å²) < 4.78 is 1.99. The van der Waals surface area contributed by atoms with Crippen molar-refractivity contribution in [3.05, 3.63) is 70.0 Å². The Morgan fingerprint density at radius 2 is 1.93 bits per heavy atom. The van der Waals surface area contributed by atoms with Gasteiger partial charge in [-0.1, -0.05) is 53.7 Å². The Morgan fingerprint density at radius 1 is 1.15 bits per heavy atom. The van der Waals surface area contributed by atoms with Gasteiger partial charge >= 0.3 is 0 Å². The number of nitrogens with one attached hydrogen (secondary N) is 1. The number of aryl methyl sites for hydroxylation is 3. The van der Waals surface area contributed by atoms with Crippen LogP contribution in [0.4, 0.5) is 0 Å². The minimum atomic E-state index is -0.0758. The number of halogens is 1. The lowest BCUT2D eigenvalue weighted by Crippen LogP contribution is -2.24. The SMILES string of the molecule is Cc1ccc(C)c(-n2c(C)nnc2SCC(=O)NCc2ccccc2Cl)c1. The van der Waals surface area contributed by atoms with E-state index in [4.69, 9.17) is 11.6 Å². The van der Waals surface area contributed by atoms with Crippen LogP contribution in [0.2, 0.25) is 5.02 Å². The summed E-state index contributed by atoms with van der Waals surface area (Å²) >= 11 is 7.49. The Bertz CT molecular complexity index is 970. The molecule has 0 unspecified atom stereocenters. The van der Waals surface area contributed by atoms with Crippen molar-refractivity contribution >= 4 is 29.3 Å². The largest absolute Gasteiger partial charge is 0.351 e. The summed E-state index contributed by atoms with van der Waals surface area (Å²) in [6.45, 7) is 6.43. The molecule has 1 heterocycles. The fourth-order valence-electron chi connectivity index (χ4n) is 2.69. The molecule has 0 aliphatic carbocycles. The van der Waals surface area contributed by atoms with Crippen molar-refractivity contribution in [3.63, 3.8) is 0 Å². The molecule has 0 atom stereocenters. The van der Waals surface area contributed by atoms with Gasteiger partial charge in [-0.3, -0.25) is 9.36 Å². The van der Waals surface area contributed by atoms with E-state index in [2.05, 4.69) is 47.6 Å². The van der Waals surface area contributed by atoms with Crippen LogP contribution in [-0.2, 0) is 11.3 Å². The molecule has 1 amide bonds. The van der Waals surface area contributed by atoms with Crippen molar-refractivity contribution in [2.75, 3.05) is 5.75 Å². The topological polar surface area (TPSA) is 59.8 Å². The molecule has 0 aliphatic heterocycles. The van der Waals surface area contributed by atoms with Gasteiger partial charge in [-0.05, 0) is 49.6 Å². The van der Waals surface area contributed by atoms with Gasteiger partial charge < -0.3 is 5.32 Å². The van der Waals surface area contributed by atoms with Crippen LogP contribution in [0, 0.1) is 20.8 Å². The van der Waals surface area contributed by atoms with E-state index < -0.39 is 0 Å². The van der Waals surface area contributed by atoms with E-state index in [1.54, 1.807) is 0 Å². The highest BCUT2D eigenvalue weighted by Crippen LogP contribution is 2.24. The number of carbonyl (C=O) groups excluding carboxylic acids is 1. The summed E-state index contributed by atoms with van der Waals surface area (Å²) in [6, 6.07) is 13.7. The van der Waals surface area contributed by atoms with Crippen LogP contribution in [0.5, 0.6) is 0 Å². The summed E-state index contributed by atoms with van der Waals surface area (Å²) in [5, 5.41) is 12.7. The van der Waals surface area contributed by atoms with E-state index in [1.165, 1.54) is 11.8 Å². The molecule has 5 nitrogen and oxygen atoms in total. The number of hydrogen-bond donors (Lipinski definition) is 1. The fraction of sp³-hybridized carbons (Fsp3) is 0.250. The number of nitrogens with zero attached hydrogens (tertiary/aromatic N) is 3. The predicted octanol–water partition coefficient (Wildman–Crippen LogP) is 4.25. The smallest absolute Gasteiger partial charge is 0.230 e. The molecule has 140 valence electrons. The minimum absolute atomic E-state index is 0.0758. The van der Waals surface area contributed by atoms with Crippen LogP contribution in [0.15, 0.2) is 47.6 Å².